The number of aliphatic hydroxyl groups is 1. The van der Waals surface area contributed by atoms with Crippen LogP contribution in [0.25, 0.3) is 10.9 Å². The molecule has 3 aromatic rings. The summed E-state index contributed by atoms with van der Waals surface area (Å²) in [7, 11) is 0. The fourth-order valence-electron chi connectivity index (χ4n) is 3.20. The summed E-state index contributed by atoms with van der Waals surface area (Å²) in [5, 5.41) is 13.1. The second-order valence-corrected chi connectivity index (χ2v) is 6.76. The zero-order chi connectivity index (χ0) is 19.2. The first-order chi connectivity index (χ1) is 13.0. The lowest BCUT2D eigenvalue weighted by Crippen LogP contribution is -2.31. The molecule has 1 amide bonds. The number of carbonyl (C=O) groups excluding carboxylic acids is 1. The van der Waals surface area contributed by atoms with E-state index >= 15 is 0 Å². The van der Waals surface area contributed by atoms with Crippen LogP contribution in [0.5, 0.6) is 0 Å². The number of nitrogens with one attached hydrogen (secondary N) is 1. The number of fused-ring (bicyclic) bond motifs is 1. The fraction of sp³-hybridized carbons (Fsp3) is 0.261. The topological polar surface area (TPSA) is 54.3 Å². The van der Waals surface area contributed by atoms with Crippen LogP contribution in [0.1, 0.15) is 30.5 Å². The molecular weight excluding hydrogens is 336 g/mol. The third-order valence-corrected chi connectivity index (χ3v) is 4.41. The van der Waals surface area contributed by atoms with Crippen molar-refractivity contribution in [3.05, 3.63) is 71.4 Å². The van der Waals surface area contributed by atoms with Gasteiger partial charge in [-0.25, -0.2) is 0 Å². The molecular formula is C23H24N2O2. The first-order valence-corrected chi connectivity index (χ1v) is 9.13. The van der Waals surface area contributed by atoms with E-state index in [2.05, 4.69) is 35.4 Å². The highest BCUT2D eigenvalue weighted by Gasteiger charge is 2.04. The summed E-state index contributed by atoms with van der Waals surface area (Å²) >= 11 is 0. The van der Waals surface area contributed by atoms with Crippen molar-refractivity contribution in [1.29, 1.82) is 0 Å². The van der Waals surface area contributed by atoms with Crippen LogP contribution in [-0.4, -0.2) is 28.2 Å². The summed E-state index contributed by atoms with van der Waals surface area (Å²) in [6.07, 6.45) is 2.79. The molecule has 0 aliphatic heterocycles. The number of aliphatic hydroxyl groups excluding tert-OH is 1. The average Bonchev–Trinajstić information content (AvgIpc) is 3.03. The number of benzene rings is 2. The van der Waals surface area contributed by atoms with Crippen LogP contribution >= 0.6 is 0 Å². The molecule has 1 aromatic heterocycles. The van der Waals surface area contributed by atoms with Crippen molar-refractivity contribution in [3.8, 4) is 11.8 Å². The Morgan fingerprint density at radius 1 is 1.11 bits per heavy atom. The molecule has 0 aliphatic carbocycles. The molecule has 2 N–H and O–H groups in total. The van der Waals surface area contributed by atoms with E-state index in [4.69, 9.17) is 5.11 Å². The Balaban J connectivity index is 1.70. The minimum atomic E-state index is -0.00587. The van der Waals surface area contributed by atoms with Crippen molar-refractivity contribution in [2.75, 3.05) is 6.61 Å². The van der Waals surface area contributed by atoms with Crippen molar-refractivity contribution in [1.82, 2.24) is 9.88 Å². The third kappa shape index (κ3) is 4.99. The molecule has 0 saturated carbocycles. The maximum atomic E-state index is 11.1. The monoisotopic (exact) mass is 360 g/mol. The van der Waals surface area contributed by atoms with Crippen molar-refractivity contribution in [2.45, 2.75) is 32.9 Å². The molecule has 3 rings (SSSR count). The first kappa shape index (κ1) is 18.8. The van der Waals surface area contributed by atoms with E-state index in [9.17, 15) is 4.79 Å². The lowest BCUT2D eigenvalue weighted by molar-refractivity contribution is -0.119. The van der Waals surface area contributed by atoms with Gasteiger partial charge in [-0.1, -0.05) is 24.0 Å². The Bertz CT molecular complexity index is 991. The van der Waals surface area contributed by atoms with Gasteiger partial charge in [0, 0.05) is 47.7 Å². The molecule has 27 heavy (non-hydrogen) atoms. The van der Waals surface area contributed by atoms with E-state index in [1.165, 1.54) is 12.5 Å². The van der Waals surface area contributed by atoms with Gasteiger partial charge in [-0.2, -0.15) is 0 Å². The molecule has 0 bridgehead atoms. The van der Waals surface area contributed by atoms with E-state index in [0.717, 1.165) is 28.5 Å². The van der Waals surface area contributed by atoms with E-state index in [-0.39, 0.29) is 18.6 Å². The van der Waals surface area contributed by atoms with Crippen LogP contribution in [0.15, 0.2) is 54.7 Å². The van der Waals surface area contributed by atoms with Gasteiger partial charge in [0.15, 0.2) is 0 Å². The SMILES string of the molecule is CC(=O)NC(C)Cc1ccc(C#Cc2ccc3c(ccn3CCO)c2)cc1. The van der Waals surface area contributed by atoms with Crippen LogP contribution < -0.4 is 5.32 Å². The quantitative estimate of drug-likeness (QED) is 0.687. The largest absolute Gasteiger partial charge is 0.395 e. The third-order valence-electron chi connectivity index (χ3n) is 4.41. The molecule has 0 aliphatic rings. The van der Waals surface area contributed by atoms with Gasteiger partial charge < -0.3 is 15.0 Å². The smallest absolute Gasteiger partial charge is 0.217 e. The van der Waals surface area contributed by atoms with E-state index < -0.39 is 0 Å². The van der Waals surface area contributed by atoms with Crippen molar-refractivity contribution < 1.29 is 9.90 Å². The average molecular weight is 360 g/mol. The summed E-state index contributed by atoms with van der Waals surface area (Å²) in [5.41, 5.74) is 4.21. The molecule has 4 heteroatoms. The van der Waals surface area contributed by atoms with Gasteiger partial charge in [-0.3, -0.25) is 4.79 Å². The molecule has 1 unspecified atom stereocenters. The van der Waals surface area contributed by atoms with Gasteiger partial charge in [-0.15, -0.1) is 0 Å². The van der Waals surface area contributed by atoms with Gasteiger partial charge in [0.25, 0.3) is 0 Å². The predicted molar refractivity (Wildman–Crippen MR) is 108 cm³/mol. The number of nitrogens with zero attached hydrogens (tertiary/aromatic N) is 1. The maximum absolute atomic E-state index is 11.1. The van der Waals surface area contributed by atoms with Gasteiger partial charge in [0.05, 0.1) is 6.61 Å². The first-order valence-electron chi connectivity index (χ1n) is 9.13. The zero-order valence-corrected chi connectivity index (χ0v) is 15.7. The highest BCUT2D eigenvalue weighted by Crippen LogP contribution is 2.17. The van der Waals surface area contributed by atoms with E-state index in [0.29, 0.717) is 6.54 Å². The lowest BCUT2D eigenvalue weighted by Gasteiger charge is -2.12. The van der Waals surface area contributed by atoms with Crippen LogP contribution in [0.3, 0.4) is 0 Å². The molecule has 0 spiro atoms. The van der Waals surface area contributed by atoms with Crippen LogP contribution in [0, 0.1) is 11.8 Å². The molecule has 0 saturated heterocycles. The van der Waals surface area contributed by atoms with Gasteiger partial charge in [0.1, 0.15) is 0 Å². The van der Waals surface area contributed by atoms with Crippen molar-refractivity contribution in [2.24, 2.45) is 0 Å². The Kier molecular flexibility index (Phi) is 5.95. The number of rotatable bonds is 5. The normalized spacial score (nSPS) is 11.7. The predicted octanol–water partition coefficient (Wildman–Crippen LogP) is 3.10. The van der Waals surface area contributed by atoms with Crippen LogP contribution in [-0.2, 0) is 17.8 Å². The maximum Gasteiger partial charge on any atom is 0.217 e. The molecule has 0 fully saturated rings. The second kappa shape index (κ2) is 8.57. The molecule has 4 nitrogen and oxygen atoms in total. The van der Waals surface area contributed by atoms with Crippen molar-refractivity contribution in [3.63, 3.8) is 0 Å². The highest BCUT2D eigenvalue weighted by molar-refractivity contribution is 5.81. The number of hydrogen-bond acceptors (Lipinski definition) is 2. The summed E-state index contributed by atoms with van der Waals surface area (Å²) in [4.78, 5) is 11.1. The van der Waals surface area contributed by atoms with Gasteiger partial charge >= 0.3 is 0 Å². The summed E-state index contributed by atoms with van der Waals surface area (Å²) < 4.78 is 2.03. The minimum Gasteiger partial charge on any atom is -0.395 e. The Labute approximate surface area is 159 Å². The zero-order valence-electron chi connectivity index (χ0n) is 15.7. The summed E-state index contributed by atoms with van der Waals surface area (Å²) in [6.45, 7) is 4.26. The second-order valence-electron chi connectivity index (χ2n) is 6.76. The van der Waals surface area contributed by atoms with E-state index in [1.54, 1.807) is 0 Å². The molecule has 0 radical (unpaired) electrons. The van der Waals surface area contributed by atoms with E-state index in [1.807, 2.05) is 48.0 Å². The summed E-state index contributed by atoms with van der Waals surface area (Å²) in [5.74, 6) is 6.41. The number of aromatic nitrogens is 1. The molecule has 138 valence electrons. The minimum absolute atomic E-state index is 0.00587. The molecule has 1 heterocycles. The Hall–Kier alpha value is -3.03. The van der Waals surface area contributed by atoms with Gasteiger partial charge in [0.2, 0.25) is 5.91 Å². The number of amides is 1. The Morgan fingerprint density at radius 2 is 1.81 bits per heavy atom. The van der Waals surface area contributed by atoms with Gasteiger partial charge in [-0.05, 0) is 55.3 Å². The van der Waals surface area contributed by atoms with Crippen molar-refractivity contribution >= 4 is 16.8 Å². The number of carbonyl (C=O) groups is 1. The number of hydrogen-bond donors (Lipinski definition) is 2. The lowest BCUT2D eigenvalue weighted by atomic mass is 10.0. The molecule has 1 atom stereocenters. The standard InChI is InChI=1S/C23H24N2O2/c1-17(24-18(2)27)15-20-6-3-19(4-7-20)5-8-21-9-10-23-22(16-21)11-12-25(23)13-14-26/h3-4,6-7,9-12,16-17,26H,13-15H2,1-2H3,(H,24,27). The molecule has 2 aromatic carbocycles. The highest BCUT2D eigenvalue weighted by atomic mass is 16.3. The Morgan fingerprint density at radius 3 is 2.52 bits per heavy atom. The fourth-order valence-corrected chi connectivity index (χ4v) is 3.20. The van der Waals surface area contributed by atoms with Crippen LogP contribution in [0.2, 0.25) is 0 Å². The summed E-state index contributed by atoms with van der Waals surface area (Å²) in [6, 6.07) is 16.4. The van der Waals surface area contributed by atoms with Crippen LogP contribution in [0.4, 0.5) is 0 Å².